The van der Waals surface area contributed by atoms with Crippen molar-refractivity contribution in [2.24, 2.45) is 12.0 Å². The van der Waals surface area contributed by atoms with Crippen LogP contribution in [-0.2, 0) is 18.4 Å². The van der Waals surface area contributed by atoms with E-state index < -0.39 is 0 Å². The van der Waals surface area contributed by atoms with Crippen LogP contribution in [0.4, 0.5) is 5.69 Å². The van der Waals surface area contributed by atoms with Crippen LogP contribution in [-0.4, -0.2) is 60.3 Å². The highest BCUT2D eigenvalue weighted by atomic mass is 16.5. The minimum Gasteiger partial charge on any atom is -0.496 e. The van der Waals surface area contributed by atoms with Gasteiger partial charge in [0.15, 0.2) is 5.96 Å². The number of piperazine rings is 1. The number of hydrogen-bond donors (Lipinski definition) is 1. The van der Waals surface area contributed by atoms with Gasteiger partial charge in [-0.05, 0) is 24.1 Å². The Balaban J connectivity index is 1.61. The van der Waals surface area contributed by atoms with Crippen LogP contribution in [0.5, 0.6) is 5.75 Å². The topological polar surface area (TPSA) is 75.0 Å². The molecule has 0 unspecified atom stereocenters. The standard InChI is InChI=1S/C19H26N6O2/c1-14-5-6-15(9-17(14)27-4)10-21-19(20-2)24-7-8-25(18(26)13-24)16-11-22-23(3)12-16/h5-6,9,11-12H,7-8,10,13H2,1-4H3,(H,20,21). The molecule has 3 rings (SSSR count). The number of amides is 1. The predicted octanol–water partition coefficient (Wildman–Crippen LogP) is 1.16. The van der Waals surface area contributed by atoms with Gasteiger partial charge in [-0.3, -0.25) is 14.5 Å². The third-order valence-corrected chi connectivity index (χ3v) is 4.66. The van der Waals surface area contributed by atoms with Crippen molar-refractivity contribution in [3.63, 3.8) is 0 Å². The number of methoxy groups -OCH3 is 1. The Morgan fingerprint density at radius 1 is 1.37 bits per heavy atom. The first-order valence-corrected chi connectivity index (χ1v) is 8.90. The van der Waals surface area contributed by atoms with Crippen molar-refractivity contribution in [2.45, 2.75) is 13.5 Å². The highest BCUT2D eigenvalue weighted by Crippen LogP contribution is 2.19. The second-order valence-corrected chi connectivity index (χ2v) is 6.54. The number of nitrogens with zero attached hydrogens (tertiary/aromatic N) is 5. The Kier molecular flexibility index (Phi) is 5.63. The fourth-order valence-electron chi connectivity index (χ4n) is 3.16. The van der Waals surface area contributed by atoms with Gasteiger partial charge in [-0.2, -0.15) is 5.10 Å². The fourth-order valence-corrected chi connectivity index (χ4v) is 3.16. The molecule has 8 nitrogen and oxygen atoms in total. The summed E-state index contributed by atoms with van der Waals surface area (Å²) in [4.78, 5) is 20.7. The van der Waals surface area contributed by atoms with E-state index in [1.54, 1.807) is 29.9 Å². The molecular weight excluding hydrogens is 344 g/mol. The van der Waals surface area contributed by atoms with Gasteiger partial charge in [0.05, 0.1) is 19.0 Å². The average Bonchev–Trinajstić information content (AvgIpc) is 3.09. The quantitative estimate of drug-likeness (QED) is 0.646. The number of anilines is 1. The highest BCUT2D eigenvalue weighted by molar-refractivity contribution is 5.98. The van der Waals surface area contributed by atoms with Crippen LogP contribution in [0.15, 0.2) is 35.6 Å². The Labute approximate surface area is 159 Å². The van der Waals surface area contributed by atoms with Gasteiger partial charge in [0, 0.05) is 39.9 Å². The molecule has 1 saturated heterocycles. The van der Waals surface area contributed by atoms with Crippen molar-refractivity contribution in [3.05, 3.63) is 41.7 Å². The zero-order valence-electron chi connectivity index (χ0n) is 16.3. The van der Waals surface area contributed by atoms with E-state index in [1.165, 1.54) is 0 Å². The third kappa shape index (κ3) is 4.21. The monoisotopic (exact) mass is 370 g/mol. The van der Waals surface area contributed by atoms with Crippen LogP contribution in [0.2, 0.25) is 0 Å². The number of guanidine groups is 1. The van der Waals surface area contributed by atoms with Crippen molar-refractivity contribution in [3.8, 4) is 5.75 Å². The second kappa shape index (κ2) is 8.11. The van der Waals surface area contributed by atoms with Gasteiger partial charge < -0.3 is 19.9 Å². The minimum atomic E-state index is 0.0363. The van der Waals surface area contributed by atoms with Crippen LogP contribution in [0.25, 0.3) is 0 Å². The van der Waals surface area contributed by atoms with Gasteiger partial charge in [0.25, 0.3) is 0 Å². The Hall–Kier alpha value is -3.03. The lowest BCUT2D eigenvalue weighted by molar-refractivity contribution is -0.120. The third-order valence-electron chi connectivity index (χ3n) is 4.66. The number of aryl methyl sites for hydroxylation is 2. The van der Waals surface area contributed by atoms with Crippen LogP contribution < -0.4 is 15.0 Å². The molecule has 1 N–H and O–H groups in total. The first-order chi connectivity index (χ1) is 13.0. The average molecular weight is 370 g/mol. The number of hydrogen-bond acceptors (Lipinski definition) is 4. The van der Waals surface area contributed by atoms with E-state index in [1.807, 2.05) is 37.2 Å². The largest absolute Gasteiger partial charge is 0.496 e. The van der Waals surface area contributed by atoms with Crippen molar-refractivity contribution in [1.82, 2.24) is 20.0 Å². The summed E-state index contributed by atoms with van der Waals surface area (Å²) in [6.45, 7) is 4.22. The van der Waals surface area contributed by atoms with E-state index in [-0.39, 0.29) is 12.5 Å². The van der Waals surface area contributed by atoms with Crippen LogP contribution in [0, 0.1) is 6.92 Å². The van der Waals surface area contributed by atoms with Gasteiger partial charge in [-0.1, -0.05) is 12.1 Å². The molecule has 0 bridgehead atoms. The molecule has 27 heavy (non-hydrogen) atoms. The molecule has 1 fully saturated rings. The first-order valence-electron chi connectivity index (χ1n) is 8.90. The molecule has 2 heterocycles. The summed E-state index contributed by atoms with van der Waals surface area (Å²) in [5, 5.41) is 7.48. The number of benzene rings is 1. The number of carbonyl (C=O) groups excluding carboxylic acids is 1. The molecule has 0 spiro atoms. The van der Waals surface area contributed by atoms with Gasteiger partial charge in [0.2, 0.25) is 5.91 Å². The van der Waals surface area contributed by atoms with Crippen molar-refractivity contribution >= 4 is 17.6 Å². The van der Waals surface area contributed by atoms with Crippen molar-refractivity contribution in [1.29, 1.82) is 0 Å². The maximum atomic E-state index is 12.6. The SMILES string of the molecule is CN=C(NCc1ccc(C)c(OC)c1)N1CCN(c2cnn(C)c2)C(=O)C1. The smallest absolute Gasteiger partial charge is 0.246 e. The molecule has 1 aromatic heterocycles. The summed E-state index contributed by atoms with van der Waals surface area (Å²) in [6, 6.07) is 6.11. The lowest BCUT2D eigenvalue weighted by atomic mass is 10.1. The van der Waals surface area contributed by atoms with Gasteiger partial charge in [0.1, 0.15) is 12.3 Å². The molecule has 0 aliphatic carbocycles. The zero-order chi connectivity index (χ0) is 19.4. The molecule has 1 aliphatic heterocycles. The van der Waals surface area contributed by atoms with E-state index in [2.05, 4.69) is 21.5 Å². The number of rotatable bonds is 4. The first kappa shape index (κ1) is 18.8. The lowest BCUT2D eigenvalue weighted by Gasteiger charge is -2.35. The molecule has 0 saturated carbocycles. The summed E-state index contributed by atoms with van der Waals surface area (Å²) in [6.07, 6.45) is 3.57. The molecule has 1 aliphatic rings. The van der Waals surface area contributed by atoms with E-state index in [0.29, 0.717) is 25.6 Å². The maximum absolute atomic E-state index is 12.6. The molecule has 1 aromatic carbocycles. The molecule has 8 heteroatoms. The van der Waals surface area contributed by atoms with Gasteiger partial charge in [-0.15, -0.1) is 0 Å². The number of nitrogens with one attached hydrogen (secondary N) is 1. The lowest BCUT2D eigenvalue weighted by Crippen LogP contribution is -2.55. The van der Waals surface area contributed by atoms with E-state index in [0.717, 1.165) is 22.6 Å². The molecule has 144 valence electrons. The fraction of sp³-hybridized carbons (Fsp3) is 0.421. The minimum absolute atomic E-state index is 0.0363. The summed E-state index contributed by atoms with van der Waals surface area (Å²) in [5.41, 5.74) is 3.03. The Morgan fingerprint density at radius 3 is 2.81 bits per heavy atom. The van der Waals surface area contributed by atoms with Crippen LogP contribution in [0.3, 0.4) is 0 Å². The summed E-state index contributed by atoms with van der Waals surface area (Å²) in [7, 11) is 5.25. The second-order valence-electron chi connectivity index (χ2n) is 6.54. The number of ether oxygens (including phenoxy) is 1. The number of aliphatic imine (C=N–C) groups is 1. The van der Waals surface area contributed by atoms with Gasteiger partial charge in [-0.25, -0.2) is 0 Å². The van der Waals surface area contributed by atoms with E-state index in [4.69, 9.17) is 4.74 Å². The van der Waals surface area contributed by atoms with Gasteiger partial charge >= 0.3 is 0 Å². The summed E-state index contributed by atoms with van der Waals surface area (Å²) in [5.74, 6) is 1.62. The molecule has 0 atom stereocenters. The molecule has 0 radical (unpaired) electrons. The zero-order valence-corrected chi connectivity index (χ0v) is 16.3. The Morgan fingerprint density at radius 2 is 2.19 bits per heavy atom. The van der Waals surface area contributed by atoms with Crippen LogP contribution in [0.1, 0.15) is 11.1 Å². The summed E-state index contributed by atoms with van der Waals surface area (Å²) >= 11 is 0. The van der Waals surface area contributed by atoms with E-state index >= 15 is 0 Å². The summed E-state index contributed by atoms with van der Waals surface area (Å²) < 4.78 is 7.08. The van der Waals surface area contributed by atoms with Crippen LogP contribution >= 0.6 is 0 Å². The van der Waals surface area contributed by atoms with E-state index in [9.17, 15) is 4.79 Å². The maximum Gasteiger partial charge on any atom is 0.246 e. The normalized spacial score (nSPS) is 15.3. The number of carbonyl (C=O) groups is 1. The van der Waals surface area contributed by atoms with Crippen molar-refractivity contribution < 1.29 is 9.53 Å². The molecular formula is C19H26N6O2. The van der Waals surface area contributed by atoms with Crippen molar-refractivity contribution in [2.75, 3.05) is 38.7 Å². The predicted molar refractivity (Wildman–Crippen MR) is 105 cm³/mol. The highest BCUT2D eigenvalue weighted by Gasteiger charge is 2.27. The number of aromatic nitrogens is 2. The molecule has 1 amide bonds. The Bertz CT molecular complexity index is 844. The molecule has 2 aromatic rings.